The van der Waals surface area contributed by atoms with E-state index in [0.29, 0.717) is 21.7 Å². The summed E-state index contributed by atoms with van der Waals surface area (Å²) in [6, 6.07) is 21.1. The monoisotopic (exact) mass is 506 g/mol. The van der Waals surface area contributed by atoms with Crippen molar-refractivity contribution in [3.05, 3.63) is 77.3 Å². The number of halogens is 1. The van der Waals surface area contributed by atoms with Crippen molar-refractivity contribution in [3.63, 3.8) is 0 Å². The molecule has 0 radical (unpaired) electrons. The first-order valence-corrected chi connectivity index (χ1v) is 12.5. The molecule has 2 heterocycles. The molecule has 0 fully saturated rings. The second-order valence-corrected chi connectivity index (χ2v) is 10.0. The van der Waals surface area contributed by atoms with Gasteiger partial charge in [0.2, 0.25) is 11.1 Å². The number of nitrogens with two attached hydrogens (primary N) is 1. The quantitative estimate of drug-likeness (QED) is 0.229. The van der Waals surface area contributed by atoms with Gasteiger partial charge in [0.05, 0.1) is 16.0 Å². The highest BCUT2D eigenvalue weighted by Crippen LogP contribution is 2.31. The van der Waals surface area contributed by atoms with Crippen molar-refractivity contribution in [2.75, 3.05) is 16.9 Å². The molecule has 0 bridgehead atoms. The minimum absolute atomic E-state index is 0.143. The lowest BCUT2D eigenvalue weighted by molar-refractivity contribution is -0.113. The molecule has 10 heteroatoms. The predicted molar refractivity (Wildman–Crippen MR) is 140 cm³/mol. The zero-order valence-corrected chi connectivity index (χ0v) is 20.4. The number of nitrogens with zero attached hydrogens (tertiary/aromatic N) is 4. The lowest BCUT2D eigenvalue weighted by atomic mass is 10.2. The minimum atomic E-state index is -0.166. The van der Waals surface area contributed by atoms with Crippen molar-refractivity contribution in [2.45, 2.75) is 12.1 Å². The second-order valence-electron chi connectivity index (χ2n) is 7.59. The first-order valence-electron chi connectivity index (χ1n) is 10.3. The number of aromatic nitrogens is 4. The summed E-state index contributed by atoms with van der Waals surface area (Å²) in [5.41, 5.74) is 4.68. The van der Waals surface area contributed by atoms with Gasteiger partial charge in [0.25, 0.3) is 0 Å². The highest BCUT2D eigenvalue weighted by molar-refractivity contribution is 7.99. The van der Waals surface area contributed by atoms with E-state index in [9.17, 15) is 4.79 Å². The topological polar surface area (TPSA) is 98.7 Å². The van der Waals surface area contributed by atoms with Gasteiger partial charge in [0.1, 0.15) is 5.01 Å². The molecular formula is C24H19ClN6OS2. The lowest BCUT2D eigenvalue weighted by Crippen LogP contribution is -2.16. The van der Waals surface area contributed by atoms with Gasteiger partial charge in [-0.15, -0.1) is 21.5 Å². The summed E-state index contributed by atoms with van der Waals surface area (Å²) >= 11 is 8.91. The number of anilines is 1. The number of hydrogen-bond donors (Lipinski definition) is 2. The average molecular weight is 507 g/mol. The molecule has 3 aromatic carbocycles. The van der Waals surface area contributed by atoms with E-state index in [1.54, 1.807) is 23.5 Å². The molecule has 0 aliphatic carbocycles. The summed E-state index contributed by atoms with van der Waals surface area (Å²) < 4.78 is 2.52. The van der Waals surface area contributed by atoms with Crippen LogP contribution in [0.5, 0.6) is 0 Å². The maximum atomic E-state index is 12.5. The first-order chi connectivity index (χ1) is 16.5. The van der Waals surface area contributed by atoms with Gasteiger partial charge >= 0.3 is 0 Å². The standard InChI is InChI=1S/C24H19ClN6OS2/c1-14-5-10-19-20(11-14)34-23(28-19)15-6-8-18(9-7-15)27-21(32)13-33-24-30-29-22(31(24)26)16-3-2-4-17(25)12-16/h2-12H,13,26H2,1H3,(H,27,32). The van der Waals surface area contributed by atoms with Crippen LogP contribution in [0.1, 0.15) is 5.56 Å². The van der Waals surface area contributed by atoms with Crippen LogP contribution in [0.2, 0.25) is 5.02 Å². The van der Waals surface area contributed by atoms with E-state index in [1.807, 2.05) is 42.5 Å². The molecule has 0 saturated carbocycles. The molecule has 0 unspecified atom stereocenters. The van der Waals surface area contributed by atoms with Gasteiger partial charge in [0.15, 0.2) is 5.82 Å². The summed E-state index contributed by atoms with van der Waals surface area (Å²) in [5.74, 6) is 6.58. The van der Waals surface area contributed by atoms with E-state index in [4.69, 9.17) is 22.4 Å². The van der Waals surface area contributed by atoms with E-state index in [2.05, 4.69) is 34.6 Å². The van der Waals surface area contributed by atoms with Crippen molar-refractivity contribution in [1.82, 2.24) is 19.9 Å². The maximum absolute atomic E-state index is 12.5. The lowest BCUT2D eigenvalue weighted by Gasteiger charge is -2.06. The van der Waals surface area contributed by atoms with Crippen LogP contribution in [-0.2, 0) is 4.79 Å². The molecule has 3 N–H and O–H groups in total. The van der Waals surface area contributed by atoms with Gasteiger partial charge in [-0.05, 0) is 61.0 Å². The van der Waals surface area contributed by atoms with Crippen molar-refractivity contribution in [3.8, 4) is 22.0 Å². The molecule has 34 heavy (non-hydrogen) atoms. The van der Waals surface area contributed by atoms with E-state index < -0.39 is 0 Å². The fourth-order valence-electron chi connectivity index (χ4n) is 3.38. The van der Waals surface area contributed by atoms with Crippen molar-refractivity contribution in [2.24, 2.45) is 0 Å². The Morgan fingerprint density at radius 3 is 2.71 bits per heavy atom. The Morgan fingerprint density at radius 2 is 1.91 bits per heavy atom. The normalized spacial score (nSPS) is 11.1. The number of nitrogens with one attached hydrogen (secondary N) is 1. The summed E-state index contributed by atoms with van der Waals surface area (Å²) in [5, 5.41) is 13.1. The van der Waals surface area contributed by atoms with E-state index in [1.165, 1.54) is 22.0 Å². The fraction of sp³-hybridized carbons (Fsp3) is 0.0833. The Balaban J connectivity index is 1.21. The van der Waals surface area contributed by atoms with Crippen LogP contribution < -0.4 is 11.2 Å². The van der Waals surface area contributed by atoms with Crippen LogP contribution in [-0.4, -0.2) is 31.5 Å². The number of thiazole rings is 1. The molecule has 0 aliphatic heterocycles. The van der Waals surface area contributed by atoms with Gasteiger partial charge < -0.3 is 11.2 Å². The first kappa shape index (κ1) is 22.4. The third-order valence-electron chi connectivity index (χ3n) is 5.04. The third kappa shape index (κ3) is 4.77. The fourth-order valence-corrected chi connectivity index (χ4v) is 5.29. The number of thioether (sulfide) groups is 1. The van der Waals surface area contributed by atoms with E-state index in [-0.39, 0.29) is 11.7 Å². The highest BCUT2D eigenvalue weighted by Gasteiger charge is 2.14. The predicted octanol–water partition coefficient (Wildman–Crippen LogP) is 5.63. The van der Waals surface area contributed by atoms with Crippen LogP contribution in [0.3, 0.4) is 0 Å². The molecule has 7 nitrogen and oxygen atoms in total. The van der Waals surface area contributed by atoms with Crippen LogP contribution in [0, 0.1) is 6.92 Å². The van der Waals surface area contributed by atoms with E-state index >= 15 is 0 Å². The van der Waals surface area contributed by atoms with Gasteiger partial charge in [-0.3, -0.25) is 4.79 Å². The highest BCUT2D eigenvalue weighted by atomic mass is 35.5. The third-order valence-corrected chi connectivity index (χ3v) is 7.28. The summed E-state index contributed by atoms with van der Waals surface area (Å²) in [7, 11) is 0. The number of hydrogen-bond acceptors (Lipinski definition) is 7. The number of aryl methyl sites for hydroxylation is 1. The Kier molecular flexibility index (Phi) is 6.23. The van der Waals surface area contributed by atoms with Crippen molar-refractivity contribution >= 4 is 56.5 Å². The van der Waals surface area contributed by atoms with Gasteiger partial charge in [-0.25, -0.2) is 9.66 Å². The van der Waals surface area contributed by atoms with Crippen molar-refractivity contribution in [1.29, 1.82) is 0 Å². The molecule has 0 spiro atoms. The Morgan fingerprint density at radius 1 is 1.09 bits per heavy atom. The number of benzene rings is 3. The number of carbonyl (C=O) groups is 1. The second kappa shape index (κ2) is 9.46. The molecule has 170 valence electrons. The molecule has 5 aromatic rings. The number of amides is 1. The maximum Gasteiger partial charge on any atom is 0.234 e. The molecule has 2 aromatic heterocycles. The molecule has 1 amide bonds. The molecule has 5 rings (SSSR count). The van der Waals surface area contributed by atoms with Gasteiger partial charge in [0, 0.05) is 21.8 Å². The summed E-state index contributed by atoms with van der Waals surface area (Å²) in [4.78, 5) is 17.2. The Labute approximate surface area is 209 Å². The molecule has 0 atom stereocenters. The summed E-state index contributed by atoms with van der Waals surface area (Å²) in [6.45, 7) is 2.07. The van der Waals surface area contributed by atoms with Crippen LogP contribution >= 0.6 is 34.7 Å². The zero-order valence-electron chi connectivity index (χ0n) is 18.0. The van der Waals surface area contributed by atoms with Crippen LogP contribution in [0.15, 0.2) is 71.9 Å². The number of nitrogen functional groups attached to an aromatic ring is 1. The number of rotatable bonds is 6. The minimum Gasteiger partial charge on any atom is -0.335 e. The number of fused-ring (bicyclic) bond motifs is 1. The molecule has 0 saturated heterocycles. The van der Waals surface area contributed by atoms with Crippen LogP contribution in [0.4, 0.5) is 5.69 Å². The molecular weight excluding hydrogens is 488 g/mol. The van der Waals surface area contributed by atoms with Gasteiger partial charge in [-0.2, -0.15) is 0 Å². The van der Waals surface area contributed by atoms with Crippen LogP contribution in [0.25, 0.3) is 32.2 Å². The molecule has 0 aliphatic rings. The summed E-state index contributed by atoms with van der Waals surface area (Å²) in [6.07, 6.45) is 0. The average Bonchev–Trinajstić information content (AvgIpc) is 3.41. The van der Waals surface area contributed by atoms with Crippen molar-refractivity contribution < 1.29 is 4.79 Å². The van der Waals surface area contributed by atoms with E-state index in [0.717, 1.165) is 26.4 Å². The smallest absolute Gasteiger partial charge is 0.234 e. The SMILES string of the molecule is Cc1ccc2nc(-c3ccc(NC(=O)CSc4nnc(-c5cccc(Cl)c5)n4N)cc3)sc2c1. The zero-order chi connectivity index (χ0) is 23.7. The number of carbonyl (C=O) groups excluding carboxylic acids is 1. The Hall–Kier alpha value is -3.40. The Bertz CT molecular complexity index is 1500. The largest absolute Gasteiger partial charge is 0.335 e. The van der Waals surface area contributed by atoms with Gasteiger partial charge in [-0.1, -0.05) is 41.6 Å².